The molecule has 0 fully saturated rings. The normalized spacial score (nSPS) is 11.0. The van der Waals surface area contributed by atoms with Crippen molar-refractivity contribution in [2.45, 2.75) is 0 Å². The van der Waals surface area contributed by atoms with Gasteiger partial charge in [0.05, 0.1) is 11.2 Å². The van der Waals surface area contributed by atoms with Gasteiger partial charge in [-0.05, 0) is 48.5 Å². The Morgan fingerprint density at radius 2 is 1.48 bits per heavy atom. The number of fused-ring (bicyclic) bond motifs is 1. The van der Waals surface area contributed by atoms with Gasteiger partial charge in [-0.25, -0.2) is 4.98 Å². The van der Waals surface area contributed by atoms with E-state index in [1.807, 2.05) is 60.7 Å². The largest absolute Gasteiger partial charge is 0.399 e. The second-order valence-electron chi connectivity index (χ2n) is 5.44. The second kappa shape index (κ2) is 5.18. The third-order valence-electron chi connectivity index (χ3n) is 3.90. The molecule has 3 aromatic carbocycles. The van der Waals surface area contributed by atoms with Crippen LogP contribution in [0.3, 0.4) is 0 Å². The summed E-state index contributed by atoms with van der Waals surface area (Å²) >= 11 is 0. The van der Waals surface area contributed by atoms with Crippen LogP contribution < -0.4 is 11.5 Å². The summed E-state index contributed by atoms with van der Waals surface area (Å²) in [6, 6.07) is 23.7. The van der Waals surface area contributed by atoms with Crippen LogP contribution in [0.4, 0.5) is 11.4 Å². The summed E-state index contributed by atoms with van der Waals surface area (Å²) < 4.78 is 2.12. The SMILES string of the molecule is Nc1ccc(-c2nc3c(N)cccc3n2-c2ccccc2)cc1. The summed E-state index contributed by atoms with van der Waals surface area (Å²) in [5.74, 6) is 0.851. The molecule has 23 heavy (non-hydrogen) atoms. The quantitative estimate of drug-likeness (QED) is 0.552. The van der Waals surface area contributed by atoms with E-state index in [1.54, 1.807) is 0 Å². The highest BCUT2D eigenvalue weighted by molar-refractivity contribution is 5.91. The van der Waals surface area contributed by atoms with Gasteiger partial charge in [-0.2, -0.15) is 0 Å². The highest BCUT2D eigenvalue weighted by Gasteiger charge is 2.15. The topological polar surface area (TPSA) is 69.9 Å². The average molecular weight is 300 g/mol. The van der Waals surface area contributed by atoms with Crippen molar-refractivity contribution < 1.29 is 0 Å². The molecule has 1 aromatic heterocycles. The Hall–Kier alpha value is -3.27. The molecule has 0 aliphatic heterocycles. The summed E-state index contributed by atoms with van der Waals surface area (Å²) in [6.45, 7) is 0. The Balaban J connectivity index is 2.07. The Kier molecular flexibility index (Phi) is 3.01. The number of nitrogen functional groups attached to an aromatic ring is 2. The molecule has 0 bridgehead atoms. The minimum Gasteiger partial charge on any atom is -0.399 e. The molecule has 0 aliphatic rings. The number of rotatable bonds is 2. The van der Waals surface area contributed by atoms with E-state index in [0.29, 0.717) is 5.69 Å². The number of imidazole rings is 1. The van der Waals surface area contributed by atoms with Crippen LogP contribution >= 0.6 is 0 Å². The molecule has 0 unspecified atom stereocenters. The summed E-state index contributed by atoms with van der Waals surface area (Å²) in [5.41, 5.74) is 17.2. The van der Waals surface area contributed by atoms with Crippen LogP contribution in [0, 0.1) is 0 Å². The summed E-state index contributed by atoms with van der Waals surface area (Å²) in [5, 5.41) is 0. The molecule has 0 aliphatic carbocycles. The number of hydrogen-bond donors (Lipinski definition) is 2. The number of nitrogens with two attached hydrogens (primary N) is 2. The fraction of sp³-hybridized carbons (Fsp3) is 0. The van der Waals surface area contributed by atoms with Gasteiger partial charge in [-0.3, -0.25) is 4.57 Å². The molecular weight excluding hydrogens is 284 g/mol. The van der Waals surface area contributed by atoms with Crippen molar-refractivity contribution in [2.24, 2.45) is 0 Å². The van der Waals surface area contributed by atoms with E-state index in [9.17, 15) is 0 Å². The molecule has 4 rings (SSSR count). The average Bonchev–Trinajstić information content (AvgIpc) is 2.97. The fourth-order valence-corrected chi connectivity index (χ4v) is 2.79. The number of anilines is 2. The maximum atomic E-state index is 6.12. The summed E-state index contributed by atoms with van der Waals surface area (Å²) in [7, 11) is 0. The highest BCUT2D eigenvalue weighted by atomic mass is 15.1. The fourth-order valence-electron chi connectivity index (χ4n) is 2.79. The number of para-hydroxylation sites is 2. The van der Waals surface area contributed by atoms with E-state index in [1.165, 1.54) is 0 Å². The van der Waals surface area contributed by atoms with E-state index in [2.05, 4.69) is 16.7 Å². The van der Waals surface area contributed by atoms with Crippen molar-refractivity contribution in [1.29, 1.82) is 0 Å². The van der Waals surface area contributed by atoms with Crippen LogP contribution in [-0.2, 0) is 0 Å². The van der Waals surface area contributed by atoms with E-state index in [4.69, 9.17) is 16.5 Å². The molecule has 0 spiro atoms. The van der Waals surface area contributed by atoms with Gasteiger partial charge in [-0.1, -0.05) is 24.3 Å². The molecule has 0 atom stereocenters. The molecule has 0 saturated carbocycles. The highest BCUT2D eigenvalue weighted by Crippen LogP contribution is 2.31. The van der Waals surface area contributed by atoms with Crippen LogP contribution in [0.2, 0.25) is 0 Å². The third kappa shape index (κ3) is 2.21. The van der Waals surface area contributed by atoms with Gasteiger partial charge in [-0.15, -0.1) is 0 Å². The van der Waals surface area contributed by atoms with Crippen LogP contribution in [0.25, 0.3) is 28.1 Å². The van der Waals surface area contributed by atoms with Crippen molar-refractivity contribution in [3.8, 4) is 17.1 Å². The van der Waals surface area contributed by atoms with Gasteiger partial charge in [0.25, 0.3) is 0 Å². The number of hydrogen-bond acceptors (Lipinski definition) is 3. The van der Waals surface area contributed by atoms with Gasteiger partial charge >= 0.3 is 0 Å². The summed E-state index contributed by atoms with van der Waals surface area (Å²) in [6.07, 6.45) is 0. The maximum absolute atomic E-state index is 6.12. The number of aromatic nitrogens is 2. The molecule has 4 aromatic rings. The standard InChI is InChI=1S/C19H16N4/c20-14-11-9-13(10-12-14)19-22-18-16(21)7-4-8-17(18)23(19)15-5-2-1-3-6-15/h1-12H,20-21H2. The van der Waals surface area contributed by atoms with Gasteiger partial charge in [0.2, 0.25) is 0 Å². The maximum Gasteiger partial charge on any atom is 0.145 e. The monoisotopic (exact) mass is 300 g/mol. The summed E-state index contributed by atoms with van der Waals surface area (Å²) in [4.78, 5) is 4.79. The lowest BCUT2D eigenvalue weighted by Gasteiger charge is -2.09. The van der Waals surface area contributed by atoms with Gasteiger partial charge in [0, 0.05) is 16.9 Å². The molecule has 4 N–H and O–H groups in total. The van der Waals surface area contributed by atoms with Crippen LogP contribution in [0.5, 0.6) is 0 Å². The van der Waals surface area contributed by atoms with Crippen molar-refractivity contribution in [3.05, 3.63) is 72.8 Å². The van der Waals surface area contributed by atoms with Crippen LogP contribution in [0.15, 0.2) is 72.8 Å². The molecule has 4 nitrogen and oxygen atoms in total. The van der Waals surface area contributed by atoms with E-state index in [-0.39, 0.29) is 0 Å². The minimum atomic E-state index is 0.675. The first-order valence-corrected chi connectivity index (χ1v) is 7.42. The number of nitrogens with zero attached hydrogens (tertiary/aromatic N) is 2. The lowest BCUT2D eigenvalue weighted by molar-refractivity contribution is 1.10. The Bertz CT molecular complexity index is 970. The van der Waals surface area contributed by atoms with Gasteiger partial charge in [0.15, 0.2) is 0 Å². The van der Waals surface area contributed by atoms with Crippen molar-refractivity contribution in [3.63, 3.8) is 0 Å². The van der Waals surface area contributed by atoms with Crippen molar-refractivity contribution in [2.75, 3.05) is 11.5 Å². The zero-order valence-corrected chi connectivity index (χ0v) is 12.5. The van der Waals surface area contributed by atoms with E-state index >= 15 is 0 Å². The first kappa shape index (κ1) is 13.4. The minimum absolute atomic E-state index is 0.675. The molecule has 0 radical (unpaired) electrons. The van der Waals surface area contributed by atoms with E-state index in [0.717, 1.165) is 33.8 Å². The molecule has 0 amide bonds. The lowest BCUT2D eigenvalue weighted by Crippen LogP contribution is -1.97. The molecule has 0 saturated heterocycles. The molecular formula is C19H16N4. The third-order valence-corrected chi connectivity index (χ3v) is 3.90. The predicted molar refractivity (Wildman–Crippen MR) is 95.3 cm³/mol. The zero-order valence-electron chi connectivity index (χ0n) is 12.5. The number of benzene rings is 3. The Morgan fingerprint density at radius 1 is 0.739 bits per heavy atom. The first-order valence-electron chi connectivity index (χ1n) is 7.42. The smallest absolute Gasteiger partial charge is 0.145 e. The zero-order chi connectivity index (χ0) is 15.8. The first-order chi connectivity index (χ1) is 11.2. The van der Waals surface area contributed by atoms with Crippen LogP contribution in [0.1, 0.15) is 0 Å². The molecule has 1 heterocycles. The predicted octanol–water partition coefficient (Wildman–Crippen LogP) is 3.86. The van der Waals surface area contributed by atoms with Gasteiger partial charge < -0.3 is 11.5 Å². The van der Waals surface area contributed by atoms with Gasteiger partial charge in [0.1, 0.15) is 11.3 Å². The second-order valence-corrected chi connectivity index (χ2v) is 5.44. The Morgan fingerprint density at radius 3 is 2.22 bits per heavy atom. The molecule has 112 valence electrons. The Labute approximate surface area is 134 Å². The van der Waals surface area contributed by atoms with Crippen LogP contribution in [-0.4, -0.2) is 9.55 Å². The van der Waals surface area contributed by atoms with E-state index < -0.39 is 0 Å². The lowest BCUT2D eigenvalue weighted by atomic mass is 10.2. The van der Waals surface area contributed by atoms with Crippen molar-refractivity contribution >= 4 is 22.4 Å². The molecule has 4 heteroatoms. The van der Waals surface area contributed by atoms with Crippen molar-refractivity contribution in [1.82, 2.24) is 9.55 Å².